The second-order valence-electron chi connectivity index (χ2n) is 13.7. The highest BCUT2D eigenvalue weighted by Crippen LogP contribution is 2.52. The summed E-state index contributed by atoms with van der Waals surface area (Å²) in [4.78, 5) is 2.38. The lowest BCUT2D eigenvalue weighted by Crippen LogP contribution is -2.16. The van der Waals surface area contributed by atoms with Crippen LogP contribution in [0.2, 0.25) is 0 Å². The summed E-state index contributed by atoms with van der Waals surface area (Å²) in [5, 5.41) is 0. The van der Waals surface area contributed by atoms with Crippen LogP contribution in [0, 0.1) is 0 Å². The van der Waals surface area contributed by atoms with E-state index in [0.29, 0.717) is 0 Å². The van der Waals surface area contributed by atoms with Crippen molar-refractivity contribution in [2.75, 3.05) is 4.90 Å². The second-order valence-corrected chi connectivity index (χ2v) is 13.7. The highest BCUT2D eigenvalue weighted by atomic mass is 16.5. The molecule has 2 heteroatoms. The summed E-state index contributed by atoms with van der Waals surface area (Å²) >= 11 is 0. The van der Waals surface area contributed by atoms with Gasteiger partial charge in [0, 0.05) is 5.69 Å². The van der Waals surface area contributed by atoms with E-state index in [-0.39, 0.29) is 0 Å². The van der Waals surface area contributed by atoms with Gasteiger partial charge in [-0.15, -0.1) is 0 Å². The molecule has 252 valence electrons. The molecule has 7 rings (SSSR count). The van der Waals surface area contributed by atoms with Gasteiger partial charge in [0.15, 0.2) is 11.5 Å². The van der Waals surface area contributed by atoms with Crippen LogP contribution in [0.3, 0.4) is 0 Å². The summed E-state index contributed by atoms with van der Waals surface area (Å²) in [6, 6.07) is 49.6. The van der Waals surface area contributed by atoms with E-state index < -0.39 is 0 Å². The maximum Gasteiger partial charge on any atom is 0.151 e. The molecule has 0 unspecified atom stereocenters. The number of anilines is 3. The Morgan fingerprint density at radius 2 is 0.820 bits per heavy atom. The van der Waals surface area contributed by atoms with Crippen LogP contribution in [0.15, 0.2) is 133 Å². The maximum atomic E-state index is 6.44. The fourth-order valence-electron chi connectivity index (χ4n) is 7.19. The van der Waals surface area contributed by atoms with Gasteiger partial charge in [0.1, 0.15) is 0 Å². The van der Waals surface area contributed by atoms with Crippen molar-refractivity contribution in [3.63, 3.8) is 0 Å². The Morgan fingerprint density at radius 1 is 0.440 bits per heavy atom. The van der Waals surface area contributed by atoms with Crippen molar-refractivity contribution in [2.45, 2.75) is 78.6 Å². The summed E-state index contributed by atoms with van der Waals surface area (Å²) in [6.45, 7) is 6.79. The number of fused-ring (bicyclic) bond motifs is 2. The molecule has 0 radical (unpaired) electrons. The second kappa shape index (κ2) is 15.6. The number of aryl methyl sites for hydroxylation is 3. The first-order chi connectivity index (χ1) is 24.7. The fraction of sp³-hybridized carbons (Fsp3) is 0.250. The lowest BCUT2D eigenvalue weighted by molar-refractivity contribution is 0.477. The average molecular weight is 656 g/mol. The molecule has 1 heterocycles. The number of para-hydroxylation sites is 4. The van der Waals surface area contributed by atoms with E-state index in [4.69, 9.17) is 4.74 Å². The first-order valence-corrected chi connectivity index (χ1v) is 18.8. The summed E-state index contributed by atoms with van der Waals surface area (Å²) in [6.07, 6.45) is 10.6. The number of unbranched alkanes of at least 4 members (excludes halogenated alkanes) is 3. The van der Waals surface area contributed by atoms with Crippen molar-refractivity contribution in [2.24, 2.45) is 0 Å². The molecule has 0 aliphatic carbocycles. The highest BCUT2D eigenvalue weighted by Gasteiger charge is 2.27. The maximum absolute atomic E-state index is 6.44. The number of rotatable bonds is 13. The smallest absolute Gasteiger partial charge is 0.151 e. The molecule has 6 aromatic rings. The zero-order valence-electron chi connectivity index (χ0n) is 29.9. The van der Waals surface area contributed by atoms with Gasteiger partial charge in [-0.25, -0.2) is 0 Å². The third-order valence-corrected chi connectivity index (χ3v) is 10.0. The lowest BCUT2D eigenvalue weighted by atomic mass is 9.85. The van der Waals surface area contributed by atoms with Crippen LogP contribution in [-0.2, 0) is 19.3 Å². The summed E-state index contributed by atoms with van der Waals surface area (Å²) in [7, 11) is 0. The first kappa shape index (κ1) is 33.4. The van der Waals surface area contributed by atoms with Gasteiger partial charge in [0.05, 0.1) is 11.4 Å². The molecule has 50 heavy (non-hydrogen) atoms. The number of benzene rings is 6. The molecule has 0 bridgehead atoms. The number of ether oxygens (including phenoxy) is 1. The molecule has 0 N–H and O–H groups in total. The van der Waals surface area contributed by atoms with Gasteiger partial charge < -0.3 is 9.64 Å². The van der Waals surface area contributed by atoms with Crippen molar-refractivity contribution in [1.82, 2.24) is 0 Å². The van der Waals surface area contributed by atoms with Crippen molar-refractivity contribution in [1.29, 1.82) is 0 Å². The van der Waals surface area contributed by atoms with E-state index in [1.807, 2.05) is 0 Å². The Morgan fingerprint density at radius 3 is 1.22 bits per heavy atom. The summed E-state index contributed by atoms with van der Waals surface area (Å²) < 4.78 is 6.44. The molecule has 0 saturated heterocycles. The van der Waals surface area contributed by atoms with E-state index in [1.54, 1.807) is 0 Å². The van der Waals surface area contributed by atoms with Crippen molar-refractivity contribution in [3.8, 4) is 44.9 Å². The fourth-order valence-corrected chi connectivity index (χ4v) is 7.19. The standard InChI is InChI=1S/C48H49NO/c1-4-7-14-35-21-27-38(28-22-35)42-33-41(49-44-17-10-12-19-46(44)50-47-20-13-11-18-45(47)49)34-43(39-29-23-36(24-30-39)15-8-5-2)48(42)40-31-25-37(26-32-40)16-9-6-3/h10-13,17-34H,4-9,14-16H2,1-3H3. The predicted molar refractivity (Wildman–Crippen MR) is 213 cm³/mol. The monoisotopic (exact) mass is 655 g/mol. The Labute approximate surface area is 299 Å². The van der Waals surface area contributed by atoms with Crippen LogP contribution in [-0.4, -0.2) is 0 Å². The molecule has 1 aliphatic rings. The van der Waals surface area contributed by atoms with E-state index in [0.717, 1.165) is 47.8 Å². The number of hydrogen-bond acceptors (Lipinski definition) is 2. The van der Waals surface area contributed by atoms with Gasteiger partial charge in [-0.1, -0.05) is 137 Å². The average Bonchev–Trinajstić information content (AvgIpc) is 3.17. The van der Waals surface area contributed by atoms with E-state index >= 15 is 0 Å². The minimum Gasteiger partial charge on any atom is -0.453 e. The number of nitrogens with zero attached hydrogens (tertiary/aromatic N) is 1. The quantitative estimate of drug-likeness (QED) is 0.123. The van der Waals surface area contributed by atoms with Crippen molar-refractivity contribution < 1.29 is 4.74 Å². The van der Waals surface area contributed by atoms with Gasteiger partial charge in [0.25, 0.3) is 0 Å². The predicted octanol–water partition coefficient (Wildman–Crippen LogP) is 14.3. The molecule has 0 saturated carbocycles. The van der Waals surface area contributed by atoms with Gasteiger partial charge in [-0.05, 0) is 125 Å². The molecule has 2 nitrogen and oxygen atoms in total. The minimum atomic E-state index is 0.863. The molecule has 0 spiro atoms. The van der Waals surface area contributed by atoms with Crippen LogP contribution in [0.1, 0.15) is 76.0 Å². The van der Waals surface area contributed by atoms with E-state index in [2.05, 4.69) is 159 Å². The molecular weight excluding hydrogens is 607 g/mol. The zero-order valence-corrected chi connectivity index (χ0v) is 29.9. The Hall–Kier alpha value is -5.08. The topological polar surface area (TPSA) is 12.5 Å². The van der Waals surface area contributed by atoms with Crippen LogP contribution in [0.4, 0.5) is 17.1 Å². The Balaban J connectivity index is 1.48. The molecule has 0 atom stereocenters. The molecular formula is C48H49NO. The summed E-state index contributed by atoms with van der Waals surface area (Å²) in [5.41, 5.74) is 14.8. The van der Waals surface area contributed by atoms with Gasteiger partial charge in [-0.2, -0.15) is 0 Å². The van der Waals surface area contributed by atoms with Crippen molar-refractivity contribution in [3.05, 3.63) is 150 Å². The SMILES string of the molecule is CCCCc1ccc(-c2cc(N3c4ccccc4Oc4ccccc43)cc(-c3ccc(CCCC)cc3)c2-c2ccc(CCCC)cc2)cc1. The first-order valence-electron chi connectivity index (χ1n) is 18.8. The molecule has 0 amide bonds. The van der Waals surface area contributed by atoms with Crippen molar-refractivity contribution >= 4 is 17.1 Å². The number of hydrogen-bond donors (Lipinski definition) is 0. The van der Waals surface area contributed by atoms with Gasteiger partial charge in [0.2, 0.25) is 0 Å². The Kier molecular flexibility index (Phi) is 10.5. The van der Waals surface area contributed by atoms with Crippen LogP contribution >= 0.6 is 0 Å². The summed E-state index contributed by atoms with van der Waals surface area (Å²) in [5.74, 6) is 1.73. The minimum absolute atomic E-state index is 0.863. The van der Waals surface area contributed by atoms with Crippen LogP contribution < -0.4 is 9.64 Å². The van der Waals surface area contributed by atoms with Crippen LogP contribution in [0.5, 0.6) is 11.5 Å². The Bertz CT molecular complexity index is 1900. The molecule has 6 aromatic carbocycles. The third kappa shape index (κ3) is 7.12. The molecule has 0 fully saturated rings. The third-order valence-electron chi connectivity index (χ3n) is 10.0. The molecule has 1 aliphatic heterocycles. The van der Waals surface area contributed by atoms with Gasteiger partial charge >= 0.3 is 0 Å². The van der Waals surface area contributed by atoms with Crippen LogP contribution in [0.25, 0.3) is 33.4 Å². The van der Waals surface area contributed by atoms with Gasteiger partial charge in [-0.3, -0.25) is 0 Å². The van der Waals surface area contributed by atoms with E-state index in [9.17, 15) is 0 Å². The molecule has 0 aromatic heterocycles. The normalized spacial score (nSPS) is 11.9. The zero-order chi connectivity index (χ0) is 34.3. The largest absolute Gasteiger partial charge is 0.453 e. The highest BCUT2D eigenvalue weighted by molar-refractivity contribution is 5.99. The lowest BCUT2D eigenvalue weighted by Gasteiger charge is -2.34. The van der Waals surface area contributed by atoms with E-state index in [1.165, 1.54) is 88.6 Å².